The van der Waals surface area contributed by atoms with E-state index < -0.39 is 24.6 Å². The van der Waals surface area contributed by atoms with E-state index in [9.17, 15) is 14.4 Å². The van der Waals surface area contributed by atoms with E-state index in [0.29, 0.717) is 13.1 Å². The summed E-state index contributed by atoms with van der Waals surface area (Å²) in [6.07, 6.45) is 3.03. The van der Waals surface area contributed by atoms with E-state index in [1.807, 2.05) is 0 Å². The molecule has 0 radical (unpaired) electrons. The van der Waals surface area contributed by atoms with Crippen molar-refractivity contribution in [1.82, 2.24) is 15.5 Å². The van der Waals surface area contributed by atoms with Crippen LogP contribution in [0.15, 0.2) is 0 Å². The normalized spacial score (nSPS) is 16.6. The Kier molecular flexibility index (Phi) is 6.07. The van der Waals surface area contributed by atoms with Crippen LogP contribution in [0.3, 0.4) is 0 Å². The van der Waals surface area contributed by atoms with Crippen LogP contribution in [0.25, 0.3) is 0 Å². The molecule has 1 aliphatic rings. The van der Waals surface area contributed by atoms with Crippen molar-refractivity contribution in [3.8, 4) is 0 Å². The van der Waals surface area contributed by atoms with Crippen LogP contribution in [-0.4, -0.2) is 65.3 Å². The number of aliphatic carboxylic acids is 1. The van der Waals surface area contributed by atoms with Crippen molar-refractivity contribution >= 4 is 17.9 Å². The zero-order valence-electron chi connectivity index (χ0n) is 10.6. The number of carboxylic acids is 1. The lowest BCUT2D eigenvalue weighted by atomic mass is 10.1. The molecule has 0 aromatic rings. The Bertz CT molecular complexity index is 341. The Balaban J connectivity index is 2.29. The molecule has 3 amide bonds. The number of urea groups is 1. The molecular weight excluding hydrogens is 254 g/mol. The van der Waals surface area contributed by atoms with Gasteiger partial charge in [0, 0.05) is 13.1 Å². The fourth-order valence-corrected chi connectivity index (χ4v) is 1.81. The predicted octanol–water partition coefficient (Wildman–Crippen LogP) is -1.26. The number of rotatable bonds is 5. The summed E-state index contributed by atoms with van der Waals surface area (Å²) in [5.41, 5.74) is 0. The zero-order chi connectivity index (χ0) is 14.3. The predicted molar refractivity (Wildman–Crippen MR) is 65.5 cm³/mol. The van der Waals surface area contributed by atoms with Crippen LogP contribution < -0.4 is 10.6 Å². The second-order valence-corrected chi connectivity index (χ2v) is 4.34. The summed E-state index contributed by atoms with van der Waals surface area (Å²) in [4.78, 5) is 35.3. The first-order valence-electron chi connectivity index (χ1n) is 6.20. The first-order chi connectivity index (χ1) is 9.04. The maximum Gasteiger partial charge on any atom is 0.328 e. The number of carbonyl (C=O) groups is 3. The van der Waals surface area contributed by atoms with Crippen molar-refractivity contribution in [2.45, 2.75) is 25.3 Å². The highest BCUT2D eigenvalue weighted by molar-refractivity contribution is 5.86. The van der Waals surface area contributed by atoms with Crippen LogP contribution in [0.1, 0.15) is 19.3 Å². The highest BCUT2D eigenvalue weighted by Gasteiger charge is 2.20. The Hall–Kier alpha value is -1.83. The molecule has 0 aromatic carbocycles. The number of likely N-dealkylation sites (tertiary alicyclic amines) is 1. The number of piperidine rings is 1. The molecule has 1 rings (SSSR count). The van der Waals surface area contributed by atoms with Gasteiger partial charge in [-0.05, 0) is 19.3 Å². The van der Waals surface area contributed by atoms with E-state index in [2.05, 4.69) is 10.6 Å². The molecule has 8 heteroatoms. The number of hydrogen-bond acceptors (Lipinski definition) is 4. The molecule has 0 saturated carbocycles. The van der Waals surface area contributed by atoms with Crippen molar-refractivity contribution in [2.24, 2.45) is 0 Å². The number of carbonyl (C=O) groups excluding carboxylic acids is 2. The molecule has 19 heavy (non-hydrogen) atoms. The Morgan fingerprint density at radius 1 is 1.16 bits per heavy atom. The van der Waals surface area contributed by atoms with E-state index in [1.54, 1.807) is 4.90 Å². The van der Waals surface area contributed by atoms with Crippen molar-refractivity contribution in [3.63, 3.8) is 0 Å². The molecule has 0 spiro atoms. The van der Waals surface area contributed by atoms with Gasteiger partial charge in [0.05, 0.1) is 13.2 Å². The number of hydrogen-bond donors (Lipinski definition) is 4. The number of nitrogens with one attached hydrogen (secondary N) is 2. The summed E-state index contributed by atoms with van der Waals surface area (Å²) in [5.74, 6) is -1.52. The van der Waals surface area contributed by atoms with Crippen LogP contribution in [0.4, 0.5) is 4.79 Å². The summed E-state index contributed by atoms with van der Waals surface area (Å²) < 4.78 is 0. The maximum absolute atomic E-state index is 11.7. The average molecular weight is 273 g/mol. The highest BCUT2D eigenvalue weighted by Crippen LogP contribution is 2.08. The molecule has 1 saturated heterocycles. The Morgan fingerprint density at radius 3 is 2.32 bits per heavy atom. The molecule has 8 nitrogen and oxygen atoms in total. The number of nitrogens with zero attached hydrogens (tertiary/aromatic N) is 1. The largest absolute Gasteiger partial charge is 0.480 e. The lowest BCUT2D eigenvalue weighted by Gasteiger charge is -2.26. The third-order valence-electron chi connectivity index (χ3n) is 2.89. The van der Waals surface area contributed by atoms with E-state index in [1.165, 1.54) is 0 Å². The van der Waals surface area contributed by atoms with Gasteiger partial charge >= 0.3 is 12.0 Å². The molecule has 0 aliphatic carbocycles. The van der Waals surface area contributed by atoms with Gasteiger partial charge in [-0.3, -0.25) is 4.79 Å². The lowest BCUT2D eigenvalue weighted by molar-refractivity contribution is -0.140. The molecular formula is C11H19N3O5. The van der Waals surface area contributed by atoms with E-state index in [-0.39, 0.29) is 12.5 Å². The molecule has 1 aliphatic heterocycles. The maximum atomic E-state index is 11.7. The van der Waals surface area contributed by atoms with Crippen LogP contribution >= 0.6 is 0 Å². The minimum Gasteiger partial charge on any atom is -0.480 e. The van der Waals surface area contributed by atoms with Crippen LogP contribution in [0.2, 0.25) is 0 Å². The number of carboxylic acid groups (broad SMARTS) is 1. The third kappa shape index (κ3) is 5.12. The Labute approximate surface area is 110 Å². The van der Waals surface area contributed by atoms with Gasteiger partial charge in [0.25, 0.3) is 0 Å². The zero-order valence-corrected chi connectivity index (χ0v) is 10.6. The average Bonchev–Trinajstić information content (AvgIpc) is 2.42. The van der Waals surface area contributed by atoms with Crippen molar-refractivity contribution in [3.05, 3.63) is 0 Å². The second kappa shape index (κ2) is 7.57. The standard InChI is InChI=1S/C11H19N3O5/c15-7-8(10(17)18)13-11(19)12-6-9(16)14-4-2-1-3-5-14/h8,15H,1-7H2,(H,17,18)(H2,12,13,19). The molecule has 0 aromatic heterocycles. The van der Waals surface area contributed by atoms with Crippen LogP contribution in [0.5, 0.6) is 0 Å². The van der Waals surface area contributed by atoms with Gasteiger partial charge in [-0.25, -0.2) is 9.59 Å². The molecule has 108 valence electrons. The molecule has 0 bridgehead atoms. The molecule has 4 N–H and O–H groups in total. The lowest BCUT2D eigenvalue weighted by Crippen LogP contribution is -2.50. The van der Waals surface area contributed by atoms with Gasteiger partial charge in [-0.2, -0.15) is 0 Å². The number of aliphatic hydroxyl groups is 1. The van der Waals surface area contributed by atoms with Crippen molar-refractivity contribution in [2.75, 3.05) is 26.2 Å². The molecule has 1 fully saturated rings. The number of amides is 3. The van der Waals surface area contributed by atoms with Crippen molar-refractivity contribution in [1.29, 1.82) is 0 Å². The van der Waals surface area contributed by atoms with E-state index >= 15 is 0 Å². The first-order valence-corrected chi connectivity index (χ1v) is 6.20. The quantitative estimate of drug-likeness (QED) is 0.498. The smallest absolute Gasteiger partial charge is 0.328 e. The summed E-state index contributed by atoms with van der Waals surface area (Å²) in [7, 11) is 0. The highest BCUT2D eigenvalue weighted by atomic mass is 16.4. The summed E-state index contributed by atoms with van der Waals surface area (Å²) >= 11 is 0. The first kappa shape index (κ1) is 15.2. The Morgan fingerprint density at radius 2 is 1.79 bits per heavy atom. The topological polar surface area (TPSA) is 119 Å². The van der Waals surface area contributed by atoms with Gasteiger partial charge in [-0.1, -0.05) is 0 Å². The third-order valence-corrected chi connectivity index (χ3v) is 2.89. The van der Waals surface area contributed by atoms with E-state index in [4.69, 9.17) is 10.2 Å². The van der Waals surface area contributed by atoms with Gasteiger partial charge in [0.15, 0.2) is 6.04 Å². The molecule has 1 atom stereocenters. The van der Waals surface area contributed by atoms with Gasteiger partial charge in [0.1, 0.15) is 0 Å². The summed E-state index contributed by atoms with van der Waals surface area (Å²) in [6, 6.07) is -2.16. The van der Waals surface area contributed by atoms with Gasteiger partial charge < -0.3 is 25.7 Å². The fourth-order valence-electron chi connectivity index (χ4n) is 1.81. The van der Waals surface area contributed by atoms with Gasteiger partial charge in [0.2, 0.25) is 5.91 Å². The van der Waals surface area contributed by atoms with Gasteiger partial charge in [-0.15, -0.1) is 0 Å². The van der Waals surface area contributed by atoms with Crippen molar-refractivity contribution < 1.29 is 24.6 Å². The molecule has 1 heterocycles. The SMILES string of the molecule is O=C(NCC(=O)N1CCCCC1)NC(CO)C(=O)O. The molecule has 1 unspecified atom stereocenters. The summed E-state index contributed by atoms with van der Waals surface area (Å²) in [6.45, 7) is 0.499. The number of aliphatic hydroxyl groups excluding tert-OH is 1. The minimum absolute atomic E-state index is 0.177. The minimum atomic E-state index is -1.37. The second-order valence-electron chi connectivity index (χ2n) is 4.34. The van der Waals surface area contributed by atoms with Crippen LogP contribution in [0, 0.1) is 0 Å². The van der Waals surface area contributed by atoms with E-state index in [0.717, 1.165) is 19.3 Å². The monoisotopic (exact) mass is 273 g/mol. The fraction of sp³-hybridized carbons (Fsp3) is 0.727. The van der Waals surface area contributed by atoms with Crippen LogP contribution in [-0.2, 0) is 9.59 Å². The summed E-state index contributed by atoms with van der Waals surface area (Å²) in [5, 5.41) is 21.7.